The molecule has 38 heavy (non-hydrogen) atoms. The smallest absolute Gasteiger partial charge is 0.119 e. The van der Waals surface area contributed by atoms with Gasteiger partial charge < -0.3 is 9.47 Å². The fourth-order valence-electron chi connectivity index (χ4n) is 4.49. The summed E-state index contributed by atoms with van der Waals surface area (Å²) in [7, 11) is 0. The van der Waals surface area contributed by atoms with Gasteiger partial charge in [-0.05, 0) is 104 Å². The van der Waals surface area contributed by atoms with Crippen LogP contribution >= 0.6 is 31.9 Å². The predicted octanol–water partition coefficient (Wildman–Crippen LogP) is 11.8. The van der Waals surface area contributed by atoms with Crippen LogP contribution in [0.2, 0.25) is 0 Å². The summed E-state index contributed by atoms with van der Waals surface area (Å²) in [6, 6.07) is 16.6. The van der Waals surface area contributed by atoms with E-state index in [0.717, 1.165) is 69.5 Å². The fraction of sp³-hybridized carbons (Fsp3) is 0.588. The molecule has 0 amide bonds. The van der Waals surface area contributed by atoms with Gasteiger partial charge in [-0.3, -0.25) is 0 Å². The first-order valence-electron chi connectivity index (χ1n) is 14.7. The number of halogens is 2. The van der Waals surface area contributed by atoms with Crippen molar-refractivity contribution in [1.82, 2.24) is 0 Å². The number of rotatable bonds is 18. The fourth-order valence-corrected chi connectivity index (χ4v) is 5.44. The van der Waals surface area contributed by atoms with E-state index in [1.54, 1.807) is 0 Å². The zero-order chi connectivity index (χ0) is 27.9. The quantitative estimate of drug-likeness (QED) is 0.150. The molecule has 2 aromatic carbocycles. The van der Waals surface area contributed by atoms with Gasteiger partial charge in [0.1, 0.15) is 11.5 Å². The van der Waals surface area contributed by atoms with Gasteiger partial charge in [-0.15, -0.1) is 0 Å². The van der Waals surface area contributed by atoms with Crippen molar-refractivity contribution in [1.29, 1.82) is 0 Å². The summed E-state index contributed by atoms with van der Waals surface area (Å²) in [5.41, 5.74) is 2.17. The number of hydrogen-bond donors (Lipinski definition) is 0. The summed E-state index contributed by atoms with van der Waals surface area (Å²) in [5, 5.41) is 0. The summed E-state index contributed by atoms with van der Waals surface area (Å²) in [6.07, 6.45) is 9.99. The minimum Gasteiger partial charge on any atom is -0.494 e. The van der Waals surface area contributed by atoms with Gasteiger partial charge in [0, 0.05) is 8.96 Å². The van der Waals surface area contributed by atoms with E-state index in [1.165, 1.54) is 38.5 Å². The Hall–Kier alpha value is -1.26. The van der Waals surface area contributed by atoms with E-state index < -0.39 is 0 Å². The van der Waals surface area contributed by atoms with Crippen LogP contribution in [-0.2, 0) is 0 Å². The molecule has 212 valence electrons. The average Bonchev–Trinajstić information content (AvgIpc) is 2.88. The van der Waals surface area contributed by atoms with Crippen molar-refractivity contribution in [3.63, 3.8) is 0 Å². The SMILES string of the molecule is CC(C)CCCC(C)CCOc1cccc(C(Br)=C(Br)c2cccc(OCCC(C)CCCC(C)C)c2)c1. The Morgan fingerprint density at radius 2 is 0.974 bits per heavy atom. The molecule has 0 saturated carbocycles. The second kappa shape index (κ2) is 18.2. The molecule has 0 aliphatic carbocycles. The van der Waals surface area contributed by atoms with Crippen LogP contribution in [0.15, 0.2) is 48.5 Å². The highest BCUT2D eigenvalue weighted by molar-refractivity contribution is 9.18. The molecule has 2 aromatic rings. The Balaban J connectivity index is 1.90. The third-order valence-corrected chi connectivity index (χ3v) is 9.32. The van der Waals surface area contributed by atoms with Gasteiger partial charge in [0.2, 0.25) is 0 Å². The molecule has 0 saturated heterocycles. The van der Waals surface area contributed by atoms with Crippen molar-refractivity contribution in [2.24, 2.45) is 23.7 Å². The Morgan fingerprint density at radius 1 is 0.579 bits per heavy atom. The van der Waals surface area contributed by atoms with E-state index in [-0.39, 0.29) is 0 Å². The second-order valence-electron chi connectivity index (χ2n) is 11.8. The number of ether oxygens (including phenoxy) is 2. The molecule has 0 aliphatic heterocycles. The molecule has 0 radical (unpaired) electrons. The lowest BCUT2D eigenvalue weighted by molar-refractivity contribution is 0.275. The molecule has 2 unspecified atom stereocenters. The summed E-state index contributed by atoms with van der Waals surface area (Å²) in [6.45, 7) is 15.4. The lowest BCUT2D eigenvalue weighted by Gasteiger charge is -2.14. The summed E-state index contributed by atoms with van der Waals surface area (Å²) >= 11 is 7.64. The molecule has 4 heteroatoms. The maximum absolute atomic E-state index is 6.12. The Labute approximate surface area is 250 Å². The zero-order valence-corrected chi connectivity index (χ0v) is 27.7. The van der Waals surface area contributed by atoms with Crippen molar-refractivity contribution in [3.8, 4) is 11.5 Å². The molecular formula is C34H50Br2O2. The highest BCUT2D eigenvalue weighted by Crippen LogP contribution is 2.37. The standard InChI is InChI=1S/C34H50Br2O2/c1-25(2)11-7-13-27(5)19-21-37-31-17-9-15-29(23-31)33(35)34(36)30-16-10-18-32(24-30)38-22-20-28(6)14-8-12-26(3)4/h9-10,15-18,23-28H,7-8,11-14,19-22H2,1-6H3. The predicted molar refractivity (Wildman–Crippen MR) is 173 cm³/mol. The number of hydrogen-bond acceptors (Lipinski definition) is 2. The Morgan fingerprint density at radius 3 is 1.34 bits per heavy atom. The van der Waals surface area contributed by atoms with Crippen molar-refractivity contribution < 1.29 is 9.47 Å². The van der Waals surface area contributed by atoms with Crippen molar-refractivity contribution in [2.45, 2.75) is 92.9 Å². The molecule has 2 nitrogen and oxygen atoms in total. The van der Waals surface area contributed by atoms with Crippen LogP contribution in [0, 0.1) is 23.7 Å². The maximum Gasteiger partial charge on any atom is 0.119 e. The average molecular weight is 651 g/mol. The first-order chi connectivity index (χ1) is 18.2. The van der Waals surface area contributed by atoms with E-state index in [4.69, 9.17) is 9.47 Å². The highest BCUT2D eigenvalue weighted by atomic mass is 79.9. The Kier molecular flexibility index (Phi) is 15.7. The van der Waals surface area contributed by atoms with E-state index in [1.807, 2.05) is 12.1 Å². The van der Waals surface area contributed by atoms with Crippen LogP contribution < -0.4 is 9.47 Å². The van der Waals surface area contributed by atoms with Gasteiger partial charge in [-0.2, -0.15) is 0 Å². The zero-order valence-electron chi connectivity index (χ0n) is 24.6. The first kappa shape index (κ1) is 32.9. The molecule has 0 aromatic heterocycles. The lowest BCUT2D eigenvalue weighted by Crippen LogP contribution is -2.05. The molecule has 0 aliphatic rings. The molecule has 0 spiro atoms. The van der Waals surface area contributed by atoms with Gasteiger partial charge in [-0.1, -0.05) is 104 Å². The van der Waals surface area contributed by atoms with E-state index in [9.17, 15) is 0 Å². The minimum absolute atomic E-state index is 0.695. The van der Waals surface area contributed by atoms with Gasteiger partial charge in [0.25, 0.3) is 0 Å². The van der Waals surface area contributed by atoms with Crippen molar-refractivity contribution in [3.05, 3.63) is 59.7 Å². The maximum atomic E-state index is 6.12. The van der Waals surface area contributed by atoms with Crippen LogP contribution in [0.4, 0.5) is 0 Å². The summed E-state index contributed by atoms with van der Waals surface area (Å²) in [5.74, 6) is 4.79. The molecule has 2 atom stereocenters. The first-order valence-corrected chi connectivity index (χ1v) is 16.3. The molecule has 2 rings (SSSR count). The van der Waals surface area contributed by atoms with Crippen molar-refractivity contribution >= 4 is 40.8 Å². The van der Waals surface area contributed by atoms with Crippen molar-refractivity contribution in [2.75, 3.05) is 13.2 Å². The largest absolute Gasteiger partial charge is 0.494 e. The monoisotopic (exact) mass is 648 g/mol. The third-order valence-electron chi connectivity index (χ3n) is 7.08. The summed E-state index contributed by atoms with van der Waals surface area (Å²) < 4.78 is 14.2. The molecule has 0 fully saturated rings. The van der Waals surface area contributed by atoms with Gasteiger partial charge in [-0.25, -0.2) is 0 Å². The van der Waals surface area contributed by atoms with Gasteiger partial charge in [0.05, 0.1) is 13.2 Å². The van der Waals surface area contributed by atoms with Crippen LogP contribution in [0.3, 0.4) is 0 Å². The molecule has 0 N–H and O–H groups in total. The van der Waals surface area contributed by atoms with Crippen LogP contribution in [0.1, 0.15) is 104 Å². The van der Waals surface area contributed by atoms with E-state index in [2.05, 4.69) is 110 Å². The number of benzene rings is 2. The molecule has 0 heterocycles. The van der Waals surface area contributed by atoms with E-state index >= 15 is 0 Å². The minimum atomic E-state index is 0.695. The third kappa shape index (κ3) is 13.2. The normalized spacial score (nSPS) is 13.9. The van der Waals surface area contributed by atoms with Gasteiger partial charge >= 0.3 is 0 Å². The van der Waals surface area contributed by atoms with Crippen LogP contribution in [0.5, 0.6) is 11.5 Å². The van der Waals surface area contributed by atoms with Crippen LogP contribution in [-0.4, -0.2) is 13.2 Å². The molecule has 0 bridgehead atoms. The second-order valence-corrected chi connectivity index (χ2v) is 13.4. The topological polar surface area (TPSA) is 18.5 Å². The van der Waals surface area contributed by atoms with Crippen LogP contribution in [0.25, 0.3) is 8.96 Å². The van der Waals surface area contributed by atoms with Gasteiger partial charge in [0.15, 0.2) is 0 Å². The highest BCUT2D eigenvalue weighted by Gasteiger charge is 2.10. The van der Waals surface area contributed by atoms with E-state index in [0.29, 0.717) is 11.8 Å². The molecular weight excluding hydrogens is 600 g/mol. The summed E-state index contributed by atoms with van der Waals surface area (Å²) in [4.78, 5) is 0. The lowest BCUT2D eigenvalue weighted by atomic mass is 9.98. The Bertz CT molecular complexity index is 889.